The maximum Gasteiger partial charge on any atom is 0.177 e. The van der Waals surface area contributed by atoms with E-state index in [2.05, 4.69) is 32.0 Å². The molecular formula is C28H19NO2. The minimum Gasteiger partial charge on any atom is -0.504 e. The fourth-order valence-corrected chi connectivity index (χ4v) is 4.98. The third-order valence-corrected chi connectivity index (χ3v) is 6.64. The minimum atomic E-state index is -0.230. The number of hydrogen-bond acceptors (Lipinski definition) is 3. The zero-order chi connectivity index (χ0) is 21.3. The number of nitriles is 1. The fourth-order valence-electron chi connectivity index (χ4n) is 4.98. The summed E-state index contributed by atoms with van der Waals surface area (Å²) in [6.45, 7) is 4.37. The van der Waals surface area contributed by atoms with E-state index in [9.17, 15) is 10.4 Å². The third kappa shape index (κ3) is 2.33. The molecule has 0 atom stereocenters. The predicted octanol–water partition coefficient (Wildman–Crippen LogP) is 7.14. The molecule has 5 aromatic rings. The van der Waals surface area contributed by atoms with E-state index >= 15 is 0 Å². The Morgan fingerprint density at radius 3 is 2.32 bits per heavy atom. The molecule has 3 heteroatoms. The van der Waals surface area contributed by atoms with Gasteiger partial charge in [0.25, 0.3) is 0 Å². The Balaban J connectivity index is 1.55. The van der Waals surface area contributed by atoms with Crippen molar-refractivity contribution in [2.45, 2.75) is 19.3 Å². The van der Waals surface area contributed by atoms with Crippen LogP contribution in [0.1, 0.15) is 30.5 Å². The van der Waals surface area contributed by atoms with Crippen LogP contribution >= 0.6 is 0 Å². The first-order valence-corrected chi connectivity index (χ1v) is 10.3. The molecule has 1 heterocycles. The second kappa shape index (κ2) is 6.00. The Morgan fingerprint density at radius 1 is 0.806 bits per heavy atom. The molecule has 0 aliphatic heterocycles. The fraction of sp³-hybridized carbons (Fsp3) is 0.107. The summed E-state index contributed by atoms with van der Waals surface area (Å²) < 4.78 is 5.97. The third-order valence-electron chi connectivity index (χ3n) is 6.64. The van der Waals surface area contributed by atoms with Crippen molar-refractivity contribution < 1.29 is 9.52 Å². The number of phenolic OH excluding ortho intramolecular Hbond substituents is 1. The summed E-state index contributed by atoms with van der Waals surface area (Å²) in [5.41, 5.74) is 8.12. The highest BCUT2D eigenvalue weighted by Gasteiger charge is 2.36. The molecule has 0 saturated carbocycles. The predicted molar refractivity (Wildman–Crippen MR) is 123 cm³/mol. The van der Waals surface area contributed by atoms with Gasteiger partial charge < -0.3 is 9.52 Å². The van der Waals surface area contributed by atoms with E-state index in [1.54, 1.807) is 0 Å². The van der Waals surface area contributed by atoms with E-state index in [0.717, 1.165) is 33.0 Å². The molecule has 0 spiro atoms. The van der Waals surface area contributed by atoms with E-state index in [1.165, 1.54) is 16.7 Å². The van der Waals surface area contributed by atoms with Gasteiger partial charge in [0.2, 0.25) is 0 Å². The number of benzene rings is 4. The van der Waals surface area contributed by atoms with E-state index < -0.39 is 0 Å². The molecule has 0 saturated heterocycles. The van der Waals surface area contributed by atoms with Crippen LogP contribution < -0.4 is 0 Å². The topological polar surface area (TPSA) is 57.2 Å². The first-order chi connectivity index (χ1) is 15.0. The Morgan fingerprint density at radius 2 is 1.52 bits per heavy atom. The molecule has 1 N–H and O–H groups in total. The van der Waals surface area contributed by atoms with Crippen LogP contribution in [0.4, 0.5) is 0 Å². The van der Waals surface area contributed by atoms with Crippen molar-refractivity contribution in [3.8, 4) is 34.1 Å². The van der Waals surface area contributed by atoms with Gasteiger partial charge in [0.05, 0.1) is 11.6 Å². The Bertz CT molecular complexity index is 1580. The van der Waals surface area contributed by atoms with E-state index in [0.29, 0.717) is 11.1 Å². The molecule has 1 aliphatic carbocycles. The van der Waals surface area contributed by atoms with Gasteiger partial charge in [-0.25, -0.2) is 0 Å². The van der Waals surface area contributed by atoms with Crippen LogP contribution in [0.2, 0.25) is 0 Å². The summed E-state index contributed by atoms with van der Waals surface area (Å²) in [6.07, 6.45) is 0. The largest absolute Gasteiger partial charge is 0.504 e. The lowest BCUT2D eigenvalue weighted by atomic mass is 9.81. The molecule has 1 aromatic heterocycles. The van der Waals surface area contributed by atoms with Gasteiger partial charge in [0.1, 0.15) is 5.58 Å². The van der Waals surface area contributed by atoms with Gasteiger partial charge in [-0.1, -0.05) is 50.2 Å². The molecule has 148 valence electrons. The number of hydrogen-bond donors (Lipinski definition) is 1. The van der Waals surface area contributed by atoms with Gasteiger partial charge in [-0.15, -0.1) is 0 Å². The first kappa shape index (κ1) is 17.8. The molecular weight excluding hydrogens is 382 g/mol. The molecule has 0 bridgehead atoms. The van der Waals surface area contributed by atoms with Gasteiger partial charge in [0.15, 0.2) is 11.3 Å². The molecule has 1 aliphatic rings. The van der Waals surface area contributed by atoms with E-state index in [-0.39, 0.29) is 11.2 Å². The highest BCUT2D eigenvalue weighted by molar-refractivity contribution is 6.08. The van der Waals surface area contributed by atoms with Gasteiger partial charge in [-0.2, -0.15) is 5.26 Å². The number of rotatable bonds is 1. The molecule has 31 heavy (non-hydrogen) atoms. The molecule has 0 unspecified atom stereocenters. The highest BCUT2D eigenvalue weighted by Crippen LogP contribution is 2.50. The van der Waals surface area contributed by atoms with E-state index in [1.807, 2.05) is 60.7 Å². The van der Waals surface area contributed by atoms with Crippen LogP contribution in [0.25, 0.3) is 44.2 Å². The monoisotopic (exact) mass is 401 g/mol. The summed E-state index contributed by atoms with van der Waals surface area (Å²) in [5, 5.41) is 22.3. The zero-order valence-corrected chi connectivity index (χ0v) is 17.2. The number of phenols is 1. The molecule has 6 rings (SSSR count). The quantitative estimate of drug-likeness (QED) is 0.325. The SMILES string of the molecule is CC1(C)c2cc(C#N)ccc2-c2ccc(-c3ccc4c(oc5ccccc54)c3O)cc21. The van der Waals surface area contributed by atoms with Crippen molar-refractivity contribution in [2.75, 3.05) is 0 Å². The average Bonchev–Trinajstić information content (AvgIpc) is 3.28. The number of para-hydroxylation sites is 1. The number of furan rings is 1. The van der Waals surface area contributed by atoms with Crippen LogP contribution in [0.3, 0.4) is 0 Å². The van der Waals surface area contributed by atoms with Crippen molar-refractivity contribution in [3.63, 3.8) is 0 Å². The van der Waals surface area contributed by atoms with Crippen LogP contribution in [-0.4, -0.2) is 5.11 Å². The minimum absolute atomic E-state index is 0.161. The average molecular weight is 401 g/mol. The summed E-state index contributed by atoms with van der Waals surface area (Å²) in [5.74, 6) is 0.161. The van der Waals surface area contributed by atoms with Crippen LogP contribution in [-0.2, 0) is 5.41 Å². The maximum atomic E-state index is 11.1. The number of nitrogens with zero attached hydrogens (tertiary/aromatic N) is 1. The van der Waals surface area contributed by atoms with Gasteiger partial charge in [-0.05, 0) is 64.2 Å². The Labute approximate surface area is 179 Å². The molecule has 4 aromatic carbocycles. The lowest BCUT2D eigenvalue weighted by Gasteiger charge is -2.22. The molecule has 0 fully saturated rings. The first-order valence-electron chi connectivity index (χ1n) is 10.3. The normalized spacial score (nSPS) is 13.8. The van der Waals surface area contributed by atoms with Gasteiger partial charge in [-0.3, -0.25) is 0 Å². The zero-order valence-electron chi connectivity index (χ0n) is 17.2. The smallest absolute Gasteiger partial charge is 0.177 e. The summed E-state index contributed by atoms with van der Waals surface area (Å²) in [4.78, 5) is 0. The Hall–Kier alpha value is -4.03. The van der Waals surface area contributed by atoms with Gasteiger partial charge in [0, 0.05) is 21.8 Å². The van der Waals surface area contributed by atoms with Gasteiger partial charge >= 0.3 is 0 Å². The van der Waals surface area contributed by atoms with Crippen LogP contribution in [0.5, 0.6) is 5.75 Å². The summed E-state index contributed by atoms with van der Waals surface area (Å²) >= 11 is 0. The lowest BCUT2D eigenvalue weighted by molar-refractivity contribution is 0.470. The number of fused-ring (bicyclic) bond motifs is 6. The summed E-state index contributed by atoms with van der Waals surface area (Å²) in [7, 11) is 0. The highest BCUT2D eigenvalue weighted by atomic mass is 16.4. The second-order valence-corrected chi connectivity index (χ2v) is 8.69. The van der Waals surface area contributed by atoms with Crippen molar-refractivity contribution in [1.29, 1.82) is 5.26 Å². The Kier molecular flexibility index (Phi) is 3.44. The number of aromatic hydroxyl groups is 1. The van der Waals surface area contributed by atoms with Crippen molar-refractivity contribution in [1.82, 2.24) is 0 Å². The van der Waals surface area contributed by atoms with Crippen LogP contribution in [0.15, 0.2) is 77.2 Å². The van der Waals surface area contributed by atoms with Crippen molar-refractivity contribution in [3.05, 3.63) is 89.5 Å². The van der Waals surface area contributed by atoms with Crippen LogP contribution in [0, 0.1) is 11.3 Å². The molecule has 0 amide bonds. The standard InChI is InChI=1S/C28H19NO2/c1-28(2)23-13-16(15-29)7-9-19(23)20-10-8-17(14-24(20)28)18-11-12-22-21-5-3-4-6-25(21)31-27(22)26(18)30/h3-14,30H,1-2H3. The van der Waals surface area contributed by atoms with Crippen molar-refractivity contribution in [2.24, 2.45) is 0 Å². The summed E-state index contributed by atoms with van der Waals surface area (Å²) in [6, 6.07) is 26.3. The molecule has 3 nitrogen and oxygen atoms in total. The maximum absolute atomic E-state index is 11.1. The second-order valence-electron chi connectivity index (χ2n) is 8.69. The van der Waals surface area contributed by atoms with Crippen molar-refractivity contribution >= 4 is 21.9 Å². The molecule has 0 radical (unpaired) electrons. The lowest BCUT2D eigenvalue weighted by Crippen LogP contribution is -2.15. The van der Waals surface area contributed by atoms with E-state index in [4.69, 9.17) is 4.42 Å².